The van der Waals surface area contributed by atoms with Crippen molar-refractivity contribution in [3.8, 4) is 0 Å². The van der Waals surface area contributed by atoms with E-state index >= 15 is 0 Å². The zero-order chi connectivity index (χ0) is 47.5. The number of hydrogen-bond donors (Lipinski definition) is 9. The van der Waals surface area contributed by atoms with Gasteiger partial charge in [0.05, 0.1) is 58.2 Å². The quantitative estimate of drug-likeness (QED) is 0.0309. The minimum atomic E-state index is -1.18. The van der Waals surface area contributed by atoms with Gasteiger partial charge in [0, 0.05) is 47.0 Å². The number of carbonyl (C=O) groups excluding carboxylic acids is 6. The number of nitrogens with one attached hydrogen (secondary N) is 5. The number of ether oxygens (including phenoxy) is 4. The average molecular weight is 920 g/mol. The fourth-order valence-electron chi connectivity index (χ4n) is 6.45. The first-order valence-corrected chi connectivity index (χ1v) is 23.4. The topological polar surface area (TPSA) is 309 Å². The van der Waals surface area contributed by atoms with Crippen molar-refractivity contribution in [1.82, 2.24) is 26.6 Å². The number of primary amides is 1. The molecule has 0 radical (unpaired) electrons. The van der Waals surface area contributed by atoms with E-state index in [4.69, 9.17) is 30.4 Å². The van der Waals surface area contributed by atoms with E-state index in [-0.39, 0.29) is 129 Å². The number of aliphatic carboxylic acids is 1. The second kappa shape index (κ2) is 43.1. The van der Waals surface area contributed by atoms with E-state index < -0.39 is 36.5 Å². The number of aliphatic hydroxyl groups excluding tert-OH is 1. The van der Waals surface area contributed by atoms with Gasteiger partial charge >= 0.3 is 5.97 Å². The molecule has 11 N–H and O–H groups in total. The number of aliphatic hydroxyl groups is 1. The second-order valence-corrected chi connectivity index (χ2v) is 15.8. The lowest BCUT2D eigenvalue weighted by molar-refractivity contribution is -0.142. The summed E-state index contributed by atoms with van der Waals surface area (Å²) in [5.74, 6) is -4.43. The number of rotatable bonds is 47. The molecule has 0 fully saturated rings. The summed E-state index contributed by atoms with van der Waals surface area (Å²) in [6.07, 6.45) is 17.2. The van der Waals surface area contributed by atoms with Crippen LogP contribution < -0.4 is 38.1 Å². The van der Waals surface area contributed by atoms with Crippen LogP contribution in [0.4, 0.5) is 0 Å². The number of Topliss-reactive ketones (excluding diaryl/α,β-unsaturated/α-hetero) is 1. The lowest BCUT2D eigenvalue weighted by atomic mass is 9.96. The van der Waals surface area contributed by atoms with Crippen molar-refractivity contribution in [2.24, 2.45) is 17.4 Å². The van der Waals surface area contributed by atoms with Crippen LogP contribution in [0.1, 0.15) is 137 Å². The summed E-state index contributed by atoms with van der Waals surface area (Å²) in [6.45, 7) is 3.46. The summed E-state index contributed by atoms with van der Waals surface area (Å²) < 4.78 is 21.4. The number of carboxylic acid groups (broad SMARTS) is 1. The first-order valence-electron chi connectivity index (χ1n) is 23.4. The van der Waals surface area contributed by atoms with E-state index in [0.717, 1.165) is 19.3 Å². The maximum Gasteiger partial charge on any atom is 0.326 e. The molecule has 3 atom stereocenters. The Bertz CT molecular complexity index is 1270. The number of carboxylic acids is 1. The van der Waals surface area contributed by atoms with Crippen LogP contribution in [-0.4, -0.2) is 149 Å². The van der Waals surface area contributed by atoms with Gasteiger partial charge in [0.15, 0.2) is 5.78 Å². The molecule has 1 unspecified atom stereocenters. The van der Waals surface area contributed by atoms with Crippen molar-refractivity contribution in [1.29, 1.82) is 0 Å². The summed E-state index contributed by atoms with van der Waals surface area (Å²) in [7, 11) is 0. The van der Waals surface area contributed by atoms with Gasteiger partial charge in [0.1, 0.15) is 19.3 Å². The molecule has 0 aromatic carbocycles. The number of carbonyl (C=O) groups is 7. The van der Waals surface area contributed by atoms with Gasteiger partial charge in [-0.25, -0.2) is 4.79 Å². The van der Waals surface area contributed by atoms with E-state index in [1.54, 1.807) is 0 Å². The monoisotopic (exact) mass is 920 g/mol. The van der Waals surface area contributed by atoms with Crippen LogP contribution in [0.3, 0.4) is 0 Å². The molecule has 20 nitrogen and oxygen atoms in total. The third kappa shape index (κ3) is 37.6. The molecule has 0 aromatic heterocycles. The van der Waals surface area contributed by atoms with Crippen molar-refractivity contribution >= 4 is 41.3 Å². The molecule has 0 aromatic rings. The second-order valence-electron chi connectivity index (χ2n) is 15.8. The smallest absolute Gasteiger partial charge is 0.326 e. The lowest BCUT2D eigenvalue weighted by Crippen LogP contribution is -2.42. The van der Waals surface area contributed by atoms with Gasteiger partial charge in [0.25, 0.3) is 0 Å². The first kappa shape index (κ1) is 60.2. The van der Waals surface area contributed by atoms with E-state index in [1.807, 2.05) is 0 Å². The van der Waals surface area contributed by atoms with Crippen LogP contribution in [-0.2, 0) is 52.5 Å². The molecule has 0 aliphatic carbocycles. The van der Waals surface area contributed by atoms with Crippen LogP contribution >= 0.6 is 0 Å². The molecule has 0 heterocycles. The van der Waals surface area contributed by atoms with Crippen LogP contribution in [0, 0.1) is 5.92 Å². The normalized spacial score (nSPS) is 12.5. The standard InChI is InChI=1S/C44H83N7O13.H2/c1-2-3-4-5-6-7-8-9-10-11-12-13-14-18-40(55)51-37(44(59)60)19-20-39(54)48-22-24-61-26-29-64-33-42(57)49-23-25-62-27-28-63-32-41(56)47-21-16-15-17-36(50-34-45)38(53)30-35(31-52)43(46)58;/h35-37,50,52H,2-34,45H2,1H3,(H2,46,58)(H,47,56)(H,48,54)(H,49,57)(H,51,55)(H,59,60);1H/t35-,36-,37?;/m0./s1. The predicted molar refractivity (Wildman–Crippen MR) is 243 cm³/mol. The molecule has 0 spiro atoms. The molecule has 0 rings (SSSR count). The summed E-state index contributed by atoms with van der Waals surface area (Å²) in [4.78, 5) is 83.9. The first-order chi connectivity index (χ1) is 30.9. The van der Waals surface area contributed by atoms with Crippen molar-refractivity contribution in [2.75, 3.05) is 85.8 Å². The van der Waals surface area contributed by atoms with Gasteiger partial charge in [0.2, 0.25) is 29.5 Å². The minimum absolute atomic E-state index is 0. The molecule has 0 aliphatic heterocycles. The molecule has 0 saturated heterocycles. The number of hydrogen-bond acceptors (Lipinski definition) is 14. The number of unbranched alkanes of at least 4 members (excludes halogenated alkanes) is 13. The molecule has 374 valence electrons. The molecule has 20 heteroatoms. The number of amides is 5. The summed E-state index contributed by atoms with van der Waals surface area (Å²) in [6, 6.07) is -1.71. The largest absolute Gasteiger partial charge is 0.480 e. The summed E-state index contributed by atoms with van der Waals surface area (Å²) in [5, 5.41) is 32.2. The SMILES string of the molecule is CCCCCCCCCCCCCCCC(=O)NC(CCC(=O)NCCOCCOCC(=O)NCCOCCOCC(=O)NCCCC[C@H](NCN)C(=O)C[C@@H](CO)C(N)=O)C(=O)O.[HH]. The van der Waals surface area contributed by atoms with E-state index in [0.29, 0.717) is 32.2 Å². The van der Waals surface area contributed by atoms with Crippen molar-refractivity contribution < 1.29 is 64.1 Å². The Morgan fingerprint density at radius 3 is 1.56 bits per heavy atom. The van der Waals surface area contributed by atoms with Gasteiger partial charge in [-0.1, -0.05) is 84.0 Å². The van der Waals surface area contributed by atoms with Crippen LogP contribution in [0.15, 0.2) is 0 Å². The Morgan fingerprint density at radius 2 is 1.06 bits per heavy atom. The van der Waals surface area contributed by atoms with Crippen LogP contribution in [0.2, 0.25) is 0 Å². The molecule has 0 bridgehead atoms. The van der Waals surface area contributed by atoms with Crippen molar-refractivity contribution in [3.63, 3.8) is 0 Å². The Kier molecular flexibility index (Phi) is 40.6. The van der Waals surface area contributed by atoms with Gasteiger partial charge in [-0.3, -0.25) is 34.1 Å². The number of ketones is 1. The molecule has 0 saturated carbocycles. The number of nitrogens with two attached hydrogens (primary N) is 2. The maximum absolute atomic E-state index is 12.4. The summed E-state index contributed by atoms with van der Waals surface area (Å²) >= 11 is 0. The van der Waals surface area contributed by atoms with Gasteiger partial charge in [-0.15, -0.1) is 0 Å². The molecule has 64 heavy (non-hydrogen) atoms. The predicted octanol–water partition coefficient (Wildman–Crippen LogP) is 1.58. The van der Waals surface area contributed by atoms with Gasteiger partial charge in [-0.2, -0.15) is 0 Å². The fraction of sp³-hybridized carbons (Fsp3) is 0.841. The van der Waals surface area contributed by atoms with Gasteiger partial charge in [-0.05, 0) is 32.1 Å². The van der Waals surface area contributed by atoms with E-state index in [1.165, 1.54) is 57.8 Å². The highest BCUT2D eigenvalue weighted by Crippen LogP contribution is 2.13. The average Bonchev–Trinajstić information content (AvgIpc) is 3.26. The Morgan fingerprint density at radius 1 is 0.562 bits per heavy atom. The van der Waals surface area contributed by atoms with Crippen LogP contribution in [0.5, 0.6) is 0 Å². The molecule has 5 amide bonds. The van der Waals surface area contributed by atoms with E-state index in [9.17, 15) is 43.8 Å². The van der Waals surface area contributed by atoms with Gasteiger partial charge < -0.3 is 61.9 Å². The fourth-order valence-corrected chi connectivity index (χ4v) is 6.45. The van der Waals surface area contributed by atoms with Crippen LogP contribution in [0.25, 0.3) is 0 Å². The Balaban J connectivity index is 0. The molecular formula is C44H85N7O13. The third-order valence-electron chi connectivity index (χ3n) is 10.2. The Hall–Kier alpha value is -3.79. The highest BCUT2D eigenvalue weighted by molar-refractivity contribution is 5.89. The highest BCUT2D eigenvalue weighted by atomic mass is 16.5. The third-order valence-corrected chi connectivity index (χ3v) is 10.2. The molecular weight excluding hydrogens is 835 g/mol. The van der Waals surface area contributed by atoms with E-state index in [2.05, 4.69) is 33.5 Å². The summed E-state index contributed by atoms with van der Waals surface area (Å²) in [5.41, 5.74) is 10.7. The zero-order valence-electron chi connectivity index (χ0n) is 38.6. The highest BCUT2D eigenvalue weighted by Gasteiger charge is 2.24. The maximum atomic E-state index is 12.4. The van der Waals surface area contributed by atoms with Crippen molar-refractivity contribution in [2.45, 2.75) is 147 Å². The van der Waals surface area contributed by atoms with Crippen molar-refractivity contribution in [3.05, 3.63) is 0 Å². The Labute approximate surface area is 382 Å². The molecule has 0 aliphatic rings. The lowest BCUT2D eigenvalue weighted by Gasteiger charge is -2.18. The zero-order valence-corrected chi connectivity index (χ0v) is 38.6. The minimum Gasteiger partial charge on any atom is -0.480 e.